The average Bonchev–Trinajstić information content (AvgIpc) is 3.07. The van der Waals surface area contributed by atoms with E-state index in [1.807, 2.05) is 0 Å². The molecular weight excluding hydrogens is 551 g/mol. The maximum Gasteiger partial charge on any atom is 0.319 e. The number of piperidine rings is 1. The zero-order valence-corrected chi connectivity index (χ0v) is 19.5. The van der Waals surface area contributed by atoms with Crippen molar-refractivity contribution in [2.24, 2.45) is 0 Å². The molecule has 1 unspecified atom stereocenters. The number of amides is 5. The van der Waals surface area contributed by atoms with Crippen LogP contribution >= 0.6 is 34.2 Å². The molecule has 2 aromatic rings. The number of carbonyl (C=O) groups excluding carboxylic acids is 4. The summed E-state index contributed by atoms with van der Waals surface area (Å²) >= 11 is 8.14. The maximum atomic E-state index is 12.8. The molecule has 2 aliphatic rings. The van der Waals surface area contributed by atoms with Gasteiger partial charge in [0.05, 0.1) is 11.6 Å². The number of hydrogen-bond donors (Lipinski definition) is 4. The third-order valence-electron chi connectivity index (χ3n) is 5.39. The number of imide groups is 1. The van der Waals surface area contributed by atoms with Crippen LogP contribution in [0.4, 0.5) is 10.5 Å². The van der Waals surface area contributed by atoms with Crippen LogP contribution in [0.2, 0.25) is 5.02 Å². The van der Waals surface area contributed by atoms with Crippen LogP contribution in [0.5, 0.6) is 5.75 Å². The van der Waals surface area contributed by atoms with Crippen molar-refractivity contribution >= 4 is 63.6 Å². The largest absolute Gasteiger partial charge is 0.507 e. The third-order valence-corrected chi connectivity index (χ3v) is 6.96. The van der Waals surface area contributed by atoms with Crippen molar-refractivity contribution in [3.63, 3.8) is 0 Å². The van der Waals surface area contributed by atoms with Crippen LogP contribution in [0.3, 0.4) is 0 Å². The summed E-state index contributed by atoms with van der Waals surface area (Å²) in [5, 5.41) is 18.8. The summed E-state index contributed by atoms with van der Waals surface area (Å²) in [5.41, 5.74) is 1.65. The molecule has 2 aliphatic heterocycles. The number of fused-ring (bicyclic) bond motifs is 1. The van der Waals surface area contributed by atoms with Gasteiger partial charge in [-0.15, -0.1) is 0 Å². The highest BCUT2D eigenvalue weighted by atomic mass is 127. The lowest BCUT2D eigenvalue weighted by atomic mass is 10.0. The van der Waals surface area contributed by atoms with Gasteiger partial charge in [0.1, 0.15) is 11.8 Å². The second-order valence-electron chi connectivity index (χ2n) is 7.44. The predicted molar refractivity (Wildman–Crippen MR) is 124 cm³/mol. The monoisotopic (exact) mass is 568 g/mol. The molecule has 0 spiro atoms. The molecule has 1 saturated heterocycles. The Labute approximate surface area is 201 Å². The molecule has 2 heterocycles. The van der Waals surface area contributed by atoms with E-state index >= 15 is 0 Å². The second kappa shape index (κ2) is 8.94. The van der Waals surface area contributed by atoms with Crippen LogP contribution in [0.15, 0.2) is 30.3 Å². The van der Waals surface area contributed by atoms with Gasteiger partial charge in [-0.05, 0) is 53.3 Å². The third kappa shape index (κ3) is 4.37. The molecule has 9 nitrogen and oxygen atoms in total. The molecule has 0 aromatic heterocycles. The number of urea groups is 1. The summed E-state index contributed by atoms with van der Waals surface area (Å²) in [7, 11) is 0. The number of rotatable bonds is 4. The molecule has 0 bridgehead atoms. The number of nitrogens with zero attached hydrogens (tertiary/aromatic N) is 1. The van der Waals surface area contributed by atoms with E-state index in [9.17, 15) is 24.3 Å². The first-order chi connectivity index (χ1) is 15.2. The van der Waals surface area contributed by atoms with Gasteiger partial charge in [-0.2, -0.15) is 0 Å². The van der Waals surface area contributed by atoms with E-state index in [1.165, 1.54) is 4.90 Å². The lowest BCUT2D eigenvalue weighted by Gasteiger charge is -2.29. The number of benzene rings is 2. The number of anilines is 1. The van der Waals surface area contributed by atoms with E-state index in [-0.39, 0.29) is 43.5 Å². The highest BCUT2D eigenvalue weighted by molar-refractivity contribution is 14.1. The van der Waals surface area contributed by atoms with Crippen molar-refractivity contribution in [1.82, 2.24) is 15.5 Å². The molecule has 11 heteroatoms. The first-order valence-electron chi connectivity index (χ1n) is 9.73. The van der Waals surface area contributed by atoms with E-state index in [1.54, 1.807) is 30.3 Å². The summed E-state index contributed by atoms with van der Waals surface area (Å²) in [6.45, 7) is 0.0725. The van der Waals surface area contributed by atoms with Crippen molar-refractivity contribution in [1.29, 1.82) is 0 Å². The lowest BCUT2D eigenvalue weighted by molar-refractivity contribution is -0.136. The Balaban J connectivity index is 1.43. The van der Waals surface area contributed by atoms with Gasteiger partial charge in [-0.3, -0.25) is 19.7 Å². The Bertz CT molecular complexity index is 1160. The molecule has 0 aliphatic carbocycles. The fourth-order valence-corrected chi connectivity index (χ4v) is 4.26. The van der Waals surface area contributed by atoms with Crippen LogP contribution in [0.1, 0.15) is 34.3 Å². The van der Waals surface area contributed by atoms with Gasteiger partial charge in [-0.25, -0.2) is 4.79 Å². The molecule has 4 N–H and O–H groups in total. The maximum absolute atomic E-state index is 12.8. The number of nitrogens with one attached hydrogen (secondary N) is 3. The number of carbonyl (C=O) groups is 4. The Morgan fingerprint density at radius 1 is 1.25 bits per heavy atom. The van der Waals surface area contributed by atoms with E-state index < -0.39 is 18.0 Å². The molecule has 32 heavy (non-hydrogen) atoms. The molecule has 1 atom stereocenters. The zero-order chi connectivity index (χ0) is 23.0. The van der Waals surface area contributed by atoms with Gasteiger partial charge in [0.25, 0.3) is 5.91 Å². The second-order valence-corrected chi connectivity index (χ2v) is 9.01. The summed E-state index contributed by atoms with van der Waals surface area (Å²) in [5.74, 6) is -1.37. The SMILES string of the molecule is O=C1CCC(N2Cc3c(ccc(CNC(=O)Nc4ccc(I)c(Cl)c4)c3O)C2=O)C(=O)N1. The molecule has 0 radical (unpaired) electrons. The molecule has 1 fully saturated rings. The van der Waals surface area contributed by atoms with Crippen LogP contribution < -0.4 is 16.0 Å². The van der Waals surface area contributed by atoms with E-state index in [0.29, 0.717) is 27.4 Å². The number of hydrogen-bond acceptors (Lipinski definition) is 5. The Hall–Kier alpha value is -2.86. The predicted octanol–water partition coefficient (Wildman–Crippen LogP) is 2.73. The van der Waals surface area contributed by atoms with Crippen molar-refractivity contribution in [3.05, 3.63) is 55.6 Å². The first kappa shape index (κ1) is 22.3. The van der Waals surface area contributed by atoms with Gasteiger partial charge >= 0.3 is 6.03 Å². The van der Waals surface area contributed by atoms with Crippen molar-refractivity contribution in [3.8, 4) is 5.75 Å². The van der Waals surface area contributed by atoms with Gasteiger partial charge in [0, 0.05) is 38.9 Å². The summed E-state index contributed by atoms with van der Waals surface area (Å²) in [6.07, 6.45) is 0.390. The van der Waals surface area contributed by atoms with E-state index in [0.717, 1.165) is 3.57 Å². The summed E-state index contributed by atoms with van der Waals surface area (Å²) in [6, 6.07) is 7.00. The van der Waals surface area contributed by atoms with E-state index in [4.69, 9.17) is 11.6 Å². The first-order valence-corrected chi connectivity index (χ1v) is 11.2. The summed E-state index contributed by atoms with van der Waals surface area (Å²) < 4.78 is 0.860. The molecule has 2 aromatic carbocycles. The molecule has 4 rings (SSSR count). The quantitative estimate of drug-likeness (QED) is 0.333. The smallest absolute Gasteiger partial charge is 0.319 e. The number of aromatic hydroxyl groups is 1. The van der Waals surface area contributed by atoms with Gasteiger partial charge in [-0.1, -0.05) is 17.7 Å². The number of phenolic OH excluding ortho intramolecular Hbond substituents is 1. The van der Waals surface area contributed by atoms with Crippen molar-refractivity contribution < 1.29 is 24.3 Å². The van der Waals surface area contributed by atoms with E-state index in [2.05, 4.69) is 38.5 Å². The molecule has 5 amide bonds. The normalized spacial score (nSPS) is 17.8. The van der Waals surface area contributed by atoms with Gasteiger partial charge < -0.3 is 20.6 Å². The molecular formula is C21H18ClIN4O5. The number of phenols is 1. The zero-order valence-electron chi connectivity index (χ0n) is 16.6. The van der Waals surface area contributed by atoms with Gasteiger partial charge in [0.2, 0.25) is 11.8 Å². The fraction of sp³-hybridized carbons (Fsp3) is 0.238. The minimum absolute atomic E-state index is 0.0235. The summed E-state index contributed by atoms with van der Waals surface area (Å²) in [4.78, 5) is 49.9. The standard InChI is InChI=1S/C21H18ClIN4O5/c22-14-7-11(2-4-15(14)23)25-21(32)24-8-10-1-3-12-13(18(10)29)9-27(20(12)31)16-5-6-17(28)26-19(16)30/h1-4,7,16,29H,5-6,8-9H2,(H2,24,25,32)(H,26,28,30). The highest BCUT2D eigenvalue weighted by Gasteiger charge is 2.40. The Kier molecular flexibility index (Phi) is 6.24. The topological polar surface area (TPSA) is 128 Å². The van der Waals surface area contributed by atoms with Crippen LogP contribution in [0.25, 0.3) is 0 Å². The van der Waals surface area contributed by atoms with Crippen LogP contribution in [-0.4, -0.2) is 39.8 Å². The van der Waals surface area contributed by atoms with Gasteiger partial charge in [0.15, 0.2) is 0 Å². The number of halogens is 2. The lowest BCUT2D eigenvalue weighted by Crippen LogP contribution is -2.52. The van der Waals surface area contributed by atoms with Crippen LogP contribution in [0, 0.1) is 3.57 Å². The molecule has 166 valence electrons. The van der Waals surface area contributed by atoms with Crippen molar-refractivity contribution in [2.45, 2.75) is 32.0 Å². The highest BCUT2D eigenvalue weighted by Crippen LogP contribution is 2.35. The minimum Gasteiger partial charge on any atom is -0.507 e. The fourth-order valence-electron chi connectivity index (χ4n) is 3.74. The van der Waals surface area contributed by atoms with Crippen molar-refractivity contribution in [2.75, 3.05) is 5.32 Å². The average molecular weight is 569 g/mol. The Morgan fingerprint density at radius 2 is 2.03 bits per heavy atom. The Morgan fingerprint density at radius 3 is 2.75 bits per heavy atom. The van der Waals surface area contributed by atoms with Crippen LogP contribution in [-0.2, 0) is 22.7 Å². The molecule has 0 saturated carbocycles. The minimum atomic E-state index is -0.764.